The molecule has 0 saturated carbocycles. The third-order valence-corrected chi connectivity index (χ3v) is 2.56. The number of furan rings is 1. The predicted molar refractivity (Wildman–Crippen MR) is 49.9 cm³/mol. The molecule has 1 aliphatic rings. The summed E-state index contributed by atoms with van der Waals surface area (Å²) in [6, 6.07) is 0.419. The van der Waals surface area contributed by atoms with Gasteiger partial charge in [-0.3, -0.25) is 0 Å². The summed E-state index contributed by atoms with van der Waals surface area (Å²) in [5, 5.41) is 3.46. The van der Waals surface area contributed by atoms with Crippen molar-refractivity contribution in [2.24, 2.45) is 0 Å². The average molecular weight is 181 g/mol. The van der Waals surface area contributed by atoms with E-state index in [2.05, 4.69) is 5.32 Å². The van der Waals surface area contributed by atoms with E-state index >= 15 is 0 Å². The van der Waals surface area contributed by atoms with Gasteiger partial charge in [-0.2, -0.15) is 0 Å². The van der Waals surface area contributed by atoms with Crippen molar-refractivity contribution in [2.45, 2.75) is 25.3 Å². The van der Waals surface area contributed by atoms with E-state index in [1.54, 1.807) is 19.6 Å². The summed E-state index contributed by atoms with van der Waals surface area (Å²) < 4.78 is 10.3. The van der Waals surface area contributed by atoms with E-state index in [0.29, 0.717) is 6.04 Å². The van der Waals surface area contributed by atoms with E-state index in [0.717, 1.165) is 17.9 Å². The molecule has 0 spiro atoms. The van der Waals surface area contributed by atoms with Crippen molar-refractivity contribution in [1.82, 2.24) is 5.32 Å². The topological polar surface area (TPSA) is 34.4 Å². The molecule has 2 rings (SSSR count). The molecule has 0 bridgehead atoms. The zero-order chi connectivity index (χ0) is 9.10. The van der Waals surface area contributed by atoms with Crippen LogP contribution in [-0.4, -0.2) is 13.7 Å². The van der Waals surface area contributed by atoms with Crippen molar-refractivity contribution in [3.8, 4) is 5.75 Å². The predicted octanol–water partition coefficient (Wildman–Crippen LogP) is 2.10. The highest BCUT2D eigenvalue weighted by atomic mass is 16.5. The number of hydrogen-bond acceptors (Lipinski definition) is 3. The van der Waals surface area contributed by atoms with Crippen LogP contribution in [0.25, 0.3) is 0 Å². The maximum absolute atomic E-state index is 5.20. The molecule has 0 amide bonds. The Morgan fingerprint density at radius 1 is 1.46 bits per heavy atom. The average Bonchev–Trinajstić information content (AvgIpc) is 2.67. The largest absolute Gasteiger partial charge is 0.493 e. The molecule has 1 aromatic heterocycles. The minimum absolute atomic E-state index is 0.419. The molecule has 1 fully saturated rings. The van der Waals surface area contributed by atoms with Crippen LogP contribution in [0.1, 0.15) is 30.9 Å². The summed E-state index contributed by atoms with van der Waals surface area (Å²) in [6.07, 6.45) is 7.17. The minimum Gasteiger partial charge on any atom is -0.493 e. The van der Waals surface area contributed by atoms with Crippen LogP contribution in [0.4, 0.5) is 0 Å². The van der Waals surface area contributed by atoms with Gasteiger partial charge in [0, 0.05) is 11.6 Å². The molecule has 72 valence electrons. The number of ether oxygens (including phenoxy) is 1. The molecule has 1 aliphatic heterocycles. The standard InChI is InChI=1S/C10H15NO2/c1-12-10-7-13-6-8(10)9-4-2-3-5-11-9/h6-7,9,11H,2-5H2,1H3/t9-/m1/s1. The van der Waals surface area contributed by atoms with Gasteiger partial charge in [-0.05, 0) is 19.4 Å². The molecule has 0 radical (unpaired) electrons. The fraction of sp³-hybridized carbons (Fsp3) is 0.600. The van der Waals surface area contributed by atoms with Crippen LogP contribution >= 0.6 is 0 Å². The normalized spacial score (nSPS) is 23.0. The van der Waals surface area contributed by atoms with Crippen LogP contribution in [0.2, 0.25) is 0 Å². The van der Waals surface area contributed by atoms with Crippen LogP contribution in [0.5, 0.6) is 5.75 Å². The van der Waals surface area contributed by atoms with E-state index in [4.69, 9.17) is 9.15 Å². The first-order valence-electron chi connectivity index (χ1n) is 4.75. The lowest BCUT2D eigenvalue weighted by Crippen LogP contribution is -2.26. The molecule has 3 nitrogen and oxygen atoms in total. The van der Waals surface area contributed by atoms with Crippen molar-refractivity contribution >= 4 is 0 Å². The molecule has 1 N–H and O–H groups in total. The van der Waals surface area contributed by atoms with E-state index in [9.17, 15) is 0 Å². The molecule has 3 heteroatoms. The molecule has 2 heterocycles. The SMILES string of the molecule is COc1cocc1[C@H]1CCCCN1. The molecule has 0 aliphatic carbocycles. The van der Waals surface area contributed by atoms with Gasteiger partial charge in [-0.25, -0.2) is 0 Å². The van der Waals surface area contributed by atoms with Gasteiger partial charge in [0.05, 0.1) is 13.4 Å². The third-order valence-electron chi connectivity index (χ3n) is 2.56. The Hall–Kier alpha value is -0.960. The molecule has 13 heavy (non-hydrogen) atoms. The lowest BCUT2D eigenvalue weighted by atomic mass is 9.99. The zero-order valence-electron chi connectivity index (χ0n) is 7.88. The second kappa shape index (κ2) is 3.83. The molecule has 1 atom stereocenters. The van der Waals surface area contributed by atoms with Gasteiger partial charge in [0.1, 0.15) is 6.26 Å². The number of nitrogens with one attached hydrogen (secondary N) is 1. The lowest BCUT2D eigenvalue weighted by molar-refractivity contribution is 0.375. The fourth-order valence-corrected chi connectivity index (χ4v) is 1.83. The van der Waals surface area contributed by atoms with Gasteiger partial charge in [-0.1, -0.05) is 6.42 Å². The second-order valence-electron chi connectivity index (χ2n) is 3.40. The Kier molecular flexibility index (Phi) is 2.54. The van der Waals surface area contributed by atoms with Crippen molar-refractivity contribution < 1.29 is 9.15 Å². The van der Waals surface area contributed by atoms with Gasteiger partial charge >= 0.3 is 0 Å². The Balaban J connectivity index is 2.13. The minimum atomic E-state index is 0.419. The molecule has 1 saturated heterocycles. The molecule has 0 unspecified atom stereocenters. The van der Waals surface area contributed by atoms with Crippen molar-refractivity contribution in [2.75, 3.05) is 13.7 Å². The van der Waals surface area contributed by atoms with Gasteiger partial charge in [-0.15, -0.1) is 0 Å². The maximum Gasteiger partial charge on any atom is 0.161 e. The maximum atomic E-state index is 5.20. The summed E-state index contributed by atoms with van der Waals surface area (Å²) in [5.41, 5.74) is 1.15. The van der Waals surface area contributed by atoms with Crippen molar-refractivity contribution in [3.63, 3.8) is 0 Å². The van der Waals surface area contributed by atoms with Crippen LogP contribution < -0.4 is 10.1 Å². The first-order chi connectivity index (χ1) is 6.42. The van der Waals surface area contributed by atoms with E-state index in [1.165, 1.54) is 19.3 Å². The molecule has 0 aromatic carbocycles. The molecular weight excluding hydrogens is 166 g/mol. The fourth-order valence-electron chi connectivity index (χ4n) is 1.83. The Morgan fingerprint density at radius 3 is 3.08 bits per heavy atom. The summed E-state index contributed by atoms with van der Waals surface area (Å²) in [4.78, 5) is 0. The number of hydrogen-bond donors (Lipinski definition) is 1. The molecular formula is C10H15NO2. The lowest BCUT2D eigenvalue weighted by Gasteiger charge is -2.22. The van der Waals surface area contributed by atoms with Crippen LogP contribution in [0.3, 0.4) is 0 Å². The monoisotopic (exact) mass is 181 g/mol. The second-order valence-corrected chi connectivity index (χ2v) is 3.40. The zero-order valence-corrected chi connectivity index (χ0v) is 7.88. The van der Waals surface area contributed by atoms with Crippen molar-refractivity contribution in [1.29, 1.82) is 0 Å². The highest BCUT2D eigenvalue weighted by Gasteiger charge is 2.19. The highest BCUT2D eigenvalue weighted by Crippen LogP contribution is 2.30. The van der Waals surface area contributed by atoms with E-state index in [-0.39, 0.29) is 0 Å². The summed E-state index contributed by atoms with van der Waals surface area (Å²) in [7, 11) is 1.68. The van der Waals surface area contributed by atoms with E-state index in [1.807, 2.05) is 0 Å². The first kappa shape index (κ1) is 8.63. The Bertz CT molecular complexity index is 264. The van der Waals surface area contributed by atoms with Crippen LogP contribution in [0, 0.1) is 0 Å². The third kappa shape index (κ3) is 1.70. The van der Waals surface area contributed by atoms with Crippen molar-refractivity contribution in [3.05, 3.63) is 18.1 Å². The van der Waals surface area contributed by atoms with Gasteiger partial charge in [0.15, 0.2) is 5.75 Å². The number of methoxy groups -OCH3 is 1. The summed E-state index contributed by atoms with van der Waals surface area (Å²) in [5.74, 6) is 0.861. The van der Waals surface area contributed by atoms with Gasteiger partial charge < -0.3 is 14.5 Å². The summed E-state index contributed by atoms with van der Waals surface area (Å²) >= 11 is 0. The molecule has 1 aromatic rings. The van der Waals surface area contributed by atoms with Crippen LogP contribution in [0.15, 0.2) is 16.9 Å². The van der Waals surface area contributed by atoms with Gasteiger partial charge in [0.25, 0.3) is 0 Å². The number of piperidine rings is 1. The number of rotatable bonds is 2. The van der Waals surface area contributed by atoms with E-state index < -0.39 is 0 Å². The smallest absolute Gasteiger partial charge is 0.161 e. The summed E-state index contributed by atoms with van der Waals surface area (Å²) in [6.45, 7) is 1.10. The first-order valence-corrected chi connectivity index (χ1v) is 4.75. The van der Waals surface area contributed by atoms with Crippen LogP contribution in [-0.2, 0) is 0 Å². The highest BCUT2D eigenvalue weighted by molar-refractivity contribution is 5.31. The quantitative estimate of drug-likeness (QED) is 0.758. The Labute approximate surface area is 78.1 Å². The Morgan fingerprint density at radius 2 is 2.38 bits per heavy atom. The van der Waals surface area contributed by atoms with Gasteiger partial charge in [0.2, 0.25) is 0 Å².